The molecule has 35 heavy (non-hydrogen) atoms. The van der Waals surface area contributed by atoms with Crippen molar-refractivity contribution in [1.82, 2.24) is 20.4 Å². The van der Waals surface area contributed by atoms with Crippen LogP contribution in [0.5, 0.6) is 0 Å². The highest BCUT2D eigenvalue weighted by Crippen LogP contribution is 2.30. The van der Waals surface area contributed by atoms with Gasteiger partial charge in [-0.25, -0.2) is 9.07 Å². The van der Waals surface area contributed by atoms with E-state index in [0.29, 0.717) is 22.5 Å². The fourth-order valence-electron chi connectivity index (χ4n) is 3.30. The minimum atomic E-state index is -0.448. The third kappa shape index (κ3) is 6.59. The second-order valence-corrected chi connectivity index (χ2v) is 8.17. The summed E-state index contributed by atoms with van der Waals surface area (Å²) >= 11 is 0. The average molecular weight is 477 g/mol. The molecule has 1 saturated carbocycles. The van der Waals surface area contributed by atoms with Crippen molar-refractivity contribution in [2.45, 2.75) is 19.4 Å². The Kier molecular flexibility index (Phi) is 7.30. The Bertz CT molecular complexity index is 1280. The van der Waals surface area contributed by atoms with Crippen LogP contribution in [0.2, 0.25) is 0 Å². The predicted molar refractivity (Wildman–Crippen MR) is 127 cm³/mol. The number of carbonyl (C=O) groups excluding carboxylic acids is 3. The number of halogens is 1. The highest BCUT2D eigenvalue weighted by Gasteiger charge is 2.29. The van der Waals surface area contributed by atoms with Gasteiger partial charge in [-0.2, -0.15) is 5.10 Å². The molecule has 0 bridgehead atoms. The summed E-state index contributed by atoms with van der Waals surface area (Å²) in [4.78, 5) is 48.4. The van der Waals surface area contributed by atoms with Crippen LogP contribution in [0.15, 0.2) is 65.5 Å². The van der Waals surface area contributed by atoms with Gasteiger partial charge < -0.3 is 16.0 Å². The molecule has 180 valence electrons. The lowest BCUT2D eigenvalue weighted by atomic mass is 10.1. The first-order chi connectivity index (χ1) is 16.9. The van der Waals surface area contributed by atoms with E-state index in [1.54, 1.807) is 24.3 Å². The summed E-state index contributed by atoms with van der Waals surface area (Å²) in [6.45, 7) is 0.0467. The predicted octanol–water partition coefficient (Wildman–Crippen LogP) is 1.94. The van der Waals surface area contributed by atoms with Gasteiger partial charge in [0, 0.05) is 41.9 Å². The molecule has 1 aliphatic carbocycles. The summed E-state index contributed by atoms with van der Waals surface area (Å²) in [6, 6.07) is 15.0. The molecule has 4 rings (SSSR count). The summed E-state index contributed by atoms with van der Waals surface area (Å²) in [6.07, 6.45) is 1.83. The van der Waals surface area contributed by atoms with Crippen molar-refractivity contribution in [3.8, 4) is 11.3 Å². The number of rotatable bonds is 9. The lowest BCUT2D eigenvalue weighted by Crippen LogP contribution is -2.38. The van der Waals surface area contributed by atoms with Crippen molar-refractivity contribution in [1.29, 1.82) is 0 Å². The van der Waals surface area contributed by atoms with Crippen molar-refractivity contribution < 1.29 is 18.8 Å². The van der Waals surface area contributed by atoms with Crippen LogP contribution in [0.1, 0.15) is 23.2 Å². The Morgan fingerprint density at radius 3 is 2.29 bits per heavy atom. The summed E-state index contributed by atoms with van der Waals surface area (Å²) in [5, 5.41) is 12.3. The molecule has 2 aromatic carbocycles. The number of nitrogens with one attached hydrogen (secondary N) is 3. The first-order valence-corrected chi connectivity index (χ1v) is 11.2. The van der Waals surface area contributed by atoms with E-state index in [4.69, 9.17) is 0 Å². The Morgan fingerprint density at radius 1 is 0.914 bits per heavy atom. The van der Waals surface area contributed by atoms with Crippen LogP contribution in [0.3, 0.4) is 0 Å². The normalized spacial score (nSPS) is 12.6. The number of hydrogen-bond acceptors (Lipinski definition) is 5. The fourth-order valence-corrected chi connectivity index (χ4v) is 3.30. The quantitative estimate of drug-likeness (QED) is 0.407. The molecule has 0 unspecified atom stereocenters. The van der Waals surface area contributed by atoms with Gasteiger partial charge in [-0.15, -0.1) is 0 Å². The minimum Gasteiger partial charge on any atom is -0.353 e. The van der Waals surface area contributed by atoms with Gasteiger partial charge in [-0.05, 0) is 67.4 Å². The maximum atomic E-state index is 13.1. The van der Waals surface area contributed by atoms with Gasteiger partial charge in [0.05, 0.1) is 5.69 Å². The molecule has 3 aromatic rings. The second-order valence-electron chi connectivity index (χ2n) is 8.17. The molecular weight excluding hydrogens is 453 g/mol. The van der Waals surface area contributed by atoms with Crippen LogP contribution < -0.4 is 21.5 Å². The Balaban J connectivity index is 1.22. The molecule has 1 fully saturated rings. The van der Waals surface area contributed by atoms with Gasteiger partial charge in [-0.3, -0.25) is 19.2 Å². The van der Waals surface area contributed by atoms with E-state index in [-0.39, 0.29) is 43.2 Å². The van der Waals surface area contributed by atoms with Gasteiger partial charge >= 0.3 is 0 Å². The first-order valence-electron chi connectivity index (χ1n) is 11.2. The molecule has 9 nitrogen and oxygen atoms in total. The topological polar surface area (TPSA) is 122 Å². The number of benzene rings is 2. The van der Waals surface area contributed by atoms with E-state index in [0.717, 1.165) is 17.5 Å². The summed E-state index contributed by atoms with van der Waals surface area (Å²) in [5.41, 5.74) is 1.66. The standard InChI is InChI=1S/C25H24FN5O4/c26-19-7-3-16(4-8-19)21-11-12-23(33)31(30-21)15-22(32)27-13-14-28-24(34)17-5-9-20(10-6-17)29-25(35)18-1-2-18/h3-12,18H,1-2,13-15H2,(H,27,32)(H,28,34)(H,29,35). The summed E-state index contributed by atoms with van der Waals surface area (Å²) in [5.74, 6) is -1.05. The summed E-state index contributed by atoms with van der Waals surface area (Å²) in [7, 11) is 0. The van der Waals surface area contributed by atoms with E-state index < -0.39 is 11.5 Å². The molecule has 0 saturated heterocycles. The molecule has 0 radical (unpaired) electrons. The van der Waals surface area contributed by atoms with Crippen molar-refractivity contribution >= 4 is 23.4 Å². The molecule has 3 N–H and O–H groups in total. The number of anilines is 1. The second kappa shape index (κ2) is 10.7. The molecule has 0 spiro atoms. The first kappa shape index (κ1) is 23.8. The zero-order valence-electron chi connectivity index (χ0n) is 18.8. The maximum absolute atomic E-state index is 13.1. The van der Waals surface area contributed by atoms with Crippen LogP contribution in [-0.2, 0) is 16.1 Å². The zero-order valence-corrected chi connectivity index (χ0v) is 18.8. The molecule has 3 amide bonds. The lowest BCUT2D eigenvalue weighted by Gasteiger charge is -2.10. The monoisotopic (exact) mass is 477 g/mol. The third-order valence-corrected chi connectivity index (χ3v) is 5.40. The van der Waals surface area contributed by atoms with Crippen LogP contribution in [0.4, 0.5) is 10.1 Å². The highest BCUT2D eigenvalue weighted by molar-refractivity contribution is 5.96. The number of nitrogens with zero attached hydrogens (tertiary/aromatic N) is 2. The molecule has 0 atom stereocenters. The van der Waals surface area contributed by atoms with E-state index >= 15 is 0 Å². The number of aromatic nitrogens is 2. The van der Waals surface area contributed by atoms with Crippen LogP contribution in [0, 0.1) is 11.7 Å². The molecule has 10 heteroatoms. The highest BCUT2D eigenvalue weighted by atomic mass is 19.1. The third-order valence-electron chi connectivity index (χ3n) is 5.40. The van der Waals surface area contributed by atoms with Gasteiger partial charge in [0.2, 0.25) is 11.8 Å². The van der Waals surface area contributed by atoms with Crippen LogP contribution in [0.25, 0.3) is 11.3 Å². The number of carbonyl (C=O) groups is 3. The average Bonchev–Trinajstić information content (AvgIpc) is 3.70. The van der Waals surface area contributed by atoms with Crippen molar-refractivity contribution in [2.75, 3.05) is 18.4 Å². The minimum absolute atomic E-state index is 0.00223. The van der Waals surface area contributed by atoms with Crippen molar-refractivity contribution in [2.24, 2.45) is 5.92 Å². The zero-order chi connectivity index (χ0) is 24.8. The van der Waals surface area contributed by atoms with Crippen LogP contribution in [-0.4, -0.2) is 40.6 Å². The van der Waals surface area contributed by atoms with E-state index in [9.17, 15) is 23.6 Å². The molecular formula is C25H24FN5O4. The molecule has 1 aliphatic rings. The Labute approximate surface area is 200 Å². The fraction of sp³-hybridized carbons (Fsp3) is 0.240. The van der Waals surface area contributed by atoms with E-state index in [1.807, 2.05) is 0 Å². The van der Waals surface area contributed by atoms with Crippen molar-refractivity contribution in [3.63, 3.8) is 0 Å². The smallest absolute Gasteiger partial charge is 0.267 e. The number of amides is 3. The van der Waals surface area contributed by atoms with Crippen molar-refractivity contribution in [3.05, 3.63) is 82.4 Å². The van der Waals surface area contributed by atoms with Gasteiger partial charge in [0.15, 0.2) is 0 Å². The Hall–Kier alpha value is -4.34. The van der Waals surface area contributed by atoms with Gasteiger partial charge in [0.1, 0.15) is 12.4 Å². The number of hydrogen-bond donors (Lipinski definition) is 3. The van der Waals surface area contributed by atoms with E-state index in [2.05, 4.69) is 21.0 Å². The lowest BCUT2D eigenvalue weighted by molar-refractivity contribution is -0.122. The molecule has 0 aliphatic heterocycles. The largest absolute Gasteiger partial charge is 0.353 e. The van der Waals surface area contributed by atoms with E-state index in [1.165, 1.54) is 36.4 Å². The van der Waals surface area contributed by atoms with Gasteiger partial charge in [-0.1, -0.05) is 0 Å². The summed E-state index contributed by atoms with van der Waals surface area (Å²) < 4.78 is 14.2. The molecule has 1 aromatic heterocycles. The Morgan fingerprint density at radius 2 is 1.60 bits per heavy atom. The SMILES string of the molecule is O=C(Cn1nc(-c2ccc(F)cc2)ccc1=O)NCCNC(=O)c1ccc(NC(=O)C2CC2)cc1. The van der Waals surface area contributed by atoms with Crippen LogP contribution >= 0.6 is 0 Å². The molecule has 1 heterocycles. The maximum Gasteiger partial charge on any atom is 0.267 e. The van der Waals surface area contributed by atoms with Gasteiger partial charge in [0.25, 0.3) is 11.5 Å².